The first-order chi connectivity index (χ1) is 9.85. The minimum Gasteiger partial charge on any atom is -0.460 e. The van der Waals surface area contributed by atoms with Crippen molar-refractivity contribution < 1.29 is 9.53 Å². The van der Waals surface area contributed by atoms with Crippen LogP contribution >= 0.6 is 0 Å². The van der Waals surface area contributed by atoms with Crippen LogP contribution in [-0.4, -0.2) is 35.0 Å². The smallest absolute Gasteiger partial charge is 0.312 e. The quantitative estimate of drug-likeness (QED) is 0.863. The molecule has 21 heavy (non-hydrogen) atoms. The summed E-state index contributed by atoms with van der Waals surface area (Å²) in [5.41, 5.74) is 1.86. The molecule has 1 aliphatic rings. The normalized spacial score (nSPS) is 23.0. The van der Waals surface area contributed by atoms with Crippen LogP contribution in [0.4, 0.5) is 0 Å². The van der Waals surface area contributed by atoms with Crippen molar-refractivity contribution in [1.82, 2.24) is 9.88 Å². The molecule has 4 nitrogen and oxygen atoms in total. The SMILES string of the molecule is CN1CC(C(=O)OC(C)(C)C)C1c1ccc2[nH]ccc2c1. The second-order valence-electron chi connectivity index (χ2n) is 6.85. The van der Waals surface area contributed by atoms with Crippen LogP contribution < -0.4 is 0 Å². The first-order valence-corrected chi connectivity index (χ1v) is 7.35. The Morgan fingerprint density at radius 2 is 2.10 bits per heavy atom. The fourth-order valence-electron chi connectivity index (χ4n) is 3.02. The first kappa shape index (κ1) is 14.1. The molecule has 0 amide bonds. The minimum absolute atomic E-state index is 0.0781. The third-order valence-corrected chi connectivity index (χ3v) is 3.97. The van der Waals surface area contributed by atoms with E-state index in [9.17, 15) is 4.79 Å². The summed E-state index contributed by atoms with van der Waals surface area (Å²) in [6, 6.07) is 8.49. The molecule has 0 aliphatic carbocycles. The van der Waals surface area contributed by atoms with E-state index in [-0.39, 0.29) is 17.9 Å². The molecule has 1 aromatic heterocycles. The predicted octanol–water partition coefficient (Wildman–Crippen LogP) is 3.11. The molecule has 1 aromatic carbocycles. The van der Waals surface area contributed by atoms with Crippen LogP contribution in [0.25, 0.3) is 10.9 Å². The van der Waals surface area contributed by atoms with Gasteiger partial charge in [0, 0.05) is 24.3 Å². The molecule has 3 rings (SSSR count). The number of rotatable bonds is 2. The van der Waals surface area contributed by atoms with Crippen LogP contribution in [0, 0.1) is 5.92 Å². The number of esters is 1. The summed E-state index contributed by atoms with van der Waals surface area (Å²) in [5, 5.41) is 1.18. The molecular formula is C17H22N2O2. The first-order valence-electron chi connectivity index (χ1n) is 7.35. The summed E-state index contributed by atoms with van der Waals surface area (Å²) in [6.07, 6.45) is 1.93. The van der Waals surface area contributed by atoms with Crippen molar-refractivity contribution in [3.63, 3.8) is 0 Å². The van der Waals surface area contributed by atoms with Crippen LogP contribution in [0.1, 0.15) is 32.4 Å². The van der Waals surface area contributed by atoms with E-state index in [0.717, 1.165) is 12.1 Å². The molecule has 4 heteroatoms. The van der Waals surface area contributed by atoms with Gasteiger partial charge in [-0.15, -0.1) is 0 Å². The number of aromatic amines is 1. The Balaban J connectivity index is 1.83. The Bertz CT molecular complexity index is 669. The van der Waals surface area contributed by atoms with E-state index in [0.29, 0.717) is 0 Å². The van der Waals surface area contributed by atoms with Crippen molar-refractivity contribution in [2.24, 2.45) is 5.92 Å². The number of carbonyl (C=O) groups is 1. The zero-order chi connectivity index (χ0) is 15.2. The van der Waals surface area contributed by atoms with Crippen molar-refractivity contribution in [2.75, 3.05) is 13.6 Å². The maximum atomic E-state index is 12.3. The highest BCUT2D eigenvalue weighted by Crippen LogP contribution is 2.39. The molecule has 0 radical (unpaired) electrons. The van der Waals surface area contributed by atoms with Gasteiger partial charge in [0.2, 0.25) is 0 Å². The molecule has 2 aromatic rings. The topological polar surface area (TPSA) is 45.3 Å². The summed E-state index contributed by atoms with van der Waals surface area (Å²) < 4.78 is 5.54. The number of nitrogens with zero attached hydrogens (tertiary/aromatic N) is 1. The zero-order valence-corrected chi connectivity index (χ0v) is 13.0. The summed E-state index contributed by atoms with van der Waals surface area (Å²) in [4.78, 5) is 17.7. The lowest BCUT2D eigenvalue weighted by Crippen LogP contribution is -2.52. The molecule has 1 saturated heterocycles. The number of nitrogens with one attached hydrogen (secondary N) is 1. The van der Waals surface area contributed by atoms with Gasteiger partial charge in [0.05, 0.1) is 5.92 Å². The second kappa shape index (κ2) is 4.88. The van der Waals surface area contributed by atoms with Crippen molar-refractivity contribution in [3.8, 4) is 0 Å². The van der Waals surface area contributed by atoms with E-state index in [1.54, 1.807) is 0 Å². The highest BCUT2D eigenvalue weighted by molar-refractivity contribution is 5.81. The van der Waals surface area contributed by atoms with Gasteiger partial charge in [-0.05, 0) is 57.0 Å². The lowest BCUT2D eigenvalue weighted by atomic mass is 9.83. The molecule has 0 spiro atoms. The summed E-state index contributed by atoms with van der Waals surface area (Å²) in [6.45, 7) is 6.49. The number of hydrogen-bond donors (Lipinski definition) is 1. The summed E-state index contributed by atoms with van der Waals surface area (Å²) in [5.74, 6) is -0.176. The molecule has 2 unspecified atom stereocenters. The number of fused-ring (bicyclic) bond motifs is 1. The minimum atomic E-state index is -0.430. The number of H-pyrrole nitrogens is 1. The van der Waals surface area contributed by atoms with Crippen LogP contribution in [0.15, 0.2) is 30.5 Å². The third-order valence-electron chi connectivity index (χ3n) is 3.97. The van der Waals surface area contributed by atoms with E-state index in [2.05, 4.69) is 34.1 Å². The predicted molar refractivity (Wildman–Crippen MR) is 83.0 cm³/mol. The van der Waals surface area contributed by atoms with Gasteiger partial charge in [-0.1, -0.05) is 6.07 Å². The van der Waals surface area contributed by atoms with Crippen molar-refractivity contribution in [1.29, 1.82) is 0 Å². The fourth-order valence-corrected chi connectivity index (χ4v) is 3.02. The van der Waals surface area contributed by atoms with Crippen LogP contribution in [-0.2, 0) is 9.53 Å². The third kappa shape index (κ3) is 2.68. The highest BCUT2D eigenvalue weighted by Gasteiger charge is 2.44. The lowest BCUT2D eigenvalue weighted by molar-refractivity contribution is -0.170. The molecule has 1 fully saturated rings. The van der Waals surface area contributed by atoms with Gasteiger partial charge in [-0.2, -0.15) is 0 Å². The fraction of sp³-hybridized carbons (Fsp3) is 0.471. The number of aromatic nitrogens is 1. The Morgan fingerprint density at radius 1 is 1.33 bits per heavy atom. The second-order valence-corrected chi connectivity index (χ2v) is 6.85. The van der Waals surface area contributed by atoms with Gasteiger partial charge in [0.1, 0.15) is 5.60 Å². The van der Waals surface area contributed by atoms with Gasteiger partial charge in [-0.3, -0.25) is 9.69 Å². The molecule has 0 bridgehead atoms. The largest absolute Gasteiger partial charge is 0.460 e. The van der Waals surface area contributed by atoms with Crippen molar-refractivity contribution in [2.45, 2.75) is 32.4 Å². The standard InChI is InChI=1S/C17H22N2O2/c1-17(2,3)21-16(20)13-10-19(4)15(13)12-5-6-14-11(9-12)7-8-18-14/h5-9,13,15,18H,10H2,1-4H3. The van der Waals surface area contributed by atoms with E-state index in [1.165, 1.54) is 10.9 Å². The number of hydrogen-bond acceptors (Lipinski definition) is 3. The number of benzene rings is 1. The van der Waals surface area contributed by atoms with Gasteiger partial charge >= 0.3 is 5.97 Å². The van der Waals surface area contributed by atoms with E-state index in [4.69, 9.17) is 4.74 Å². The van der Waals surface area contributed by atoms with Gasteiger partial charge < -0.3 is 9.72 Å². The Kier molecular flexibility index (Phi) is 3.29. The maximum Gasteiger partial charge on any atom is 0.312 e. The average Bonchev–Trinajstić information content (AvgIpc) is 2.80. The molecule has 2 atom stereocenters. The average molecular weight is 286 g/mol. The van der Waals surface area contributed by atoms with Gasteiger partial charge in [0.25, 0.3) is 0 Å². The van der Waals surface area contributed by atoms with Gasteiger partial charge in [-0.25, -0.2) is 0 Å². The number of carbonyl (C=O) groups excluding carboxylic acids is 1. The molecule has 1 aliphatic heterocycles. The van der Waals surface area contributed by atoms with Crippen molar-refractivity contribution in [3.05, 3.63) is 36.0 Å². The summed E-state index contributed by atoms with van der Waals surface area (Å²) in [7, 11) is 2.05. The summed E-state index contributed by atoms with van der Waals surface area (Å²) >= 11 is 0. The van der Waals surface area contributed by atoms with Crippen LogP contribution in [0.2, 0.25) is 0 Å². The maximum absolute atomic E-state index is 12.3. The van der Waals surface area contributed by atoms with E-state index < -0.39 is 5.60 Å². The Labute approximate surface area is 125 Å². The molecule has 1 N–H and O–H groups in total. The van der Waals surface area contributed by atoms with Crippen LogP contribution in [0.5, 0.6) is 0 Å². The molecule has 0 saturated carbocycles. The lowest BCUT2D eigenvalue weighted by Gasteiger charge is -2.45. The monoisotopic (exact) mass is 286 g/mol. The van der Waals surface area contributed by atoms with E-state index >= 15 is 0 Å². The molecule has 2 heterocycles. The van der Waals surface area contributed by atoms with Gasteiger partial charge in [0.15, 0.2) is 0 Å². The van der Waals surface area contributed by atoms with E-state index in [1.807, 2.05) is 34.0 Å². The zero-order valence-electron chi connectivity index (χ0n) is 13.0. The Hall–Kier alpha value is -1.81. The number of likely N-dealkylation sites (tertiary alicyclic amines) is 1. The molecular weight excluding hydrogens is 264 g/mol. The van der Waals surface area contributed by atoms with Crippen molar-refractivity contribution >= 4 is 16.9 Å². The Morgan fingerprint density at radius 3 is 2.76 bits per heavy atom. The van der Waals surface area contributed by atoms with Crippen LogP contribution in [0.3, 0.4) is 0 Å². The number of ether oxygens (including phenoxy) is 1. The molecule has 112 valence electrons. The highest BCUT2D eigenvalue weighted by atomic mass is 16.6.